The average Bonchev–Trinajstić information content (AvgIpc) is 2.45. The summed E-state index contributed by atoms with van der Waals surface area (Å²) in [6.07, 6.45) is 4.08. The Bertz CT molecular complexity index is 517. The largest absolute Gasteiger partial charge is 0.355 e. The van der Waals surface area contributed by atoms with Gasteiger partial charge in [-0.05, 0) is 32.3 Å². The lowest BCUT2D eigenvalue weighted by Gasteiger charge is -2.38. The monoisotopic (exact) mass is 302 g/mol. The summed E-state index contributed by atoms with van der Waals surface area (Å²) in [5.74, 6) is 0.0555. The zero-order valence-electron chi connectivity index (χ0n) is 14.4. The van der Waals surface area contributed by atoms with Gasteiger partial charge in [0.15, 0.2) is 0 Å². The maximum Gasteiger partial charge on any atom is 0.224 e. The summed E-state index contributed by atoms with van der Waals surface area (Å²) in [4.78, 5) is 12.6. The van der Waals surface area contributed by atoms with Gasteiger partial charge < -0.3 is 11.1 Å². The Labute approximate surface area is 134 Å². The summed E-state index contributed by atoms with van der Waals surface area (Å²) in [7, 11) is 0. The van der Waals surface area contributed by atoms with Crippen LogP contribution >= 0.6 is 0 Å². The number of nitrogens with two attached hydrogens (primary N) is 1. The lowest BCUT2D eigenvalue weighted by atomic mass is 9.74. The van der Waals surface area contributed by atoms with Crippen molar-refractivity contribution in [1.82, 2.24) is 5.32 Å². The van der Waals surface area contributed by atoms with Gasteiger partial charge in [-0.15, -0.1) is 0 Å². The highest BCUT2D eigenvalue weighted by molar-refractivity contribution is 5.80. The third kappa shape index (κ3) is 3.89. The van der Waals surface area contributed by atoms with Crippen molar-refractivity contribution in [3.05, 3.63) is 35.4 Å². The molecule has 0 heterocycles. The minimum atomic E-state index is -0.365. The van der Waals surface area contributed by atoms with Gasteiger partial charge in [0.25, 0.3) is 0 Å². The number of rotatable bonds is 4. The number of hydrogen-bond acceptors (Lipinski definition) is 2. The molecule has 1 saturated carbocycles. The summed E-state index contributed by atoms with van der Waals surface area (Å²) >= 11 is 0. The van der Waals surface area contributed by atoms with Crippen LogP contribution in [0.15, 0.2) is 24.3 Å². The summed E-state index contributed by atoms with van der Waals surface area (Å²) in [5.41, 5.74) is 8.39. The molecular weight excluding hydrogens is 272 g/mol. The molecule has 0 aromatic heterocycles. The van der Waals surface area contributed by atoms with E-state index < -0.39 is 0 Å². The van der Waals surface area contributed by atoms with Crippen LogP contribution in [-0.4, -0.2) is 18.0 Å². The third-order valence-corrected chi connectivity index (χ3v) is 5.11. The van der Waals surface area contributed by atoms with E-state index in [9.17, 15) is 4.79 Å². The molecule has 2 rings (SSSR count). The van der Waals surface area contributed by atoms with Gasteiger partial charge in [0.2, 0.25) is 5.91 Å². The second-order valence-electron chi connectivity index (χ2n) is 7.77. The van der Waals surface area contributed by atoms with E-state index in [2.05, 4.69) is 50.4 Å². The van der Waals surface area contributed by atoms with E-state index in [-0.39, 0.29) is 22.8 Å². The Hall–Kier alpha value is -1.35. The van der Waals surface area contributed by atoms with Gasteiger partial charge in [-0.2, -0.15) is 0 Å². The maximum atomic E-state index is 12.6. The molecule has 0 radical (unpaired) electrons. The van der Waals surface area contributed by atoms with E-state index in [1.165, 1.54) is 11.1 Å². The van der Waals surface area contributed by atoms with Crippen LogP contribution in [0.3, 0.4) is 0 Å². The highest BCUT2D eigenvalue weighted by Gasteiger charge is 2.38. The van der Waals surface area contributed by atoms with Crippen molar-refractivity contribution in [1.29, 1.82) is 0 Å². The fourth-order valence-electron chi connectivity index (χ4n) is 3.33. The molecule has 1 fully saturated rings. The zero-order valence-corrected chi connectivity index (χ0v) is 14.4. The van der Waals surface area contributed by atoms with Gasteiger partial charge in [0.1, 0.15) is 0 Å². The predicted octanol–water partition coefficient (Wildman–Crippen LogP) is 3.30. The molecule has 0 spiro atoms. The Kier molecular flexibility index (Phi) is 4.96. The molecule has 0 bridgehead atoms. The molecule has 1 aromatic carbocycles. The van der Waals surface area contributed by atoms with Crippen LogP contribution in [0.5, 0.6) is 0 Å². The molecule has 2 unspecified atom stereocenters. The molecule has 3 heteroatoms. The van der Waals surface area contributed by atoms with Gasteiger partial charge in [-0.1, -0.05) is 56.5 Å². The maximum absolute atomic E-state index is 12.6. The Balaban J connectivity index is 1.99. The van der Waals surface area contributed by atoms with Crippen molar-refractivity contribution >= 4 is 5.91 Å². The molecule has 1 aromatic rings. The molecule has 122 valence electrons. The number of amides is 1. The molecule has 22 heavy (non-hydrogen) atoms. The van der Waals surface area contributed by atoms with Crippen LogP contribution in [0, 0.1) is 12.8 Å². The molecule has 3 nitrogen and oxygen atoms in total. The predicted molar refractivity (Wildman–Crippen MR) is 91.8 cm³/mol. The highest BCUT2D eigenvalue weighted by Crippen LogP contribution is 2.32. The van der Waals surface area contributed by atoms with Crippen molar-refractivity contribution in [2.45, 2.75) is 64.3 Å². The van der Waals surface area contributed by atoms with E-state index in [1.807, 2.05) is 6.92 Å². The van der Waals surface area contributed by atoms with E-state index >= 15 is 0 Å². The van der Waals surface area contributed by atoms with E-state index in [1.54, 1.807) is 0 Å². The molecular formula is C19H30N2O. The molecule has 1 aliphatic carbocycles. The Morgan fingerprint density at radius 3 is 2.55 bits per heavy atom. The van der Waals surface area contributed by atoms with Crippen LogP contribution in [0.25, 0.3) is 0 Å². The fourth-order valence-corrected chi connectivity index (χ4v) is 3.33. The number of nitrogens with one attached hydrogen (secondary N) is 1. The van der Waals surface area contributed by atoms with Crippen molar-refractivity contribution in [2.24, 2.45) is 11.7 Å². The number of benzene rings is 1. The first-order valence-electron chi connectivity index (χ1n) is 8.36. The van der Waals surface area contributed by atoms with E-state index in [0.29, 0.717) is 6.54 Å². The molecule has 1 aliphatic rings. The van der Waals surface area contributed by atoms with Crippen molar-refractivity contribution in [3.63, 3.8) is 0 Å². The molecule has 3 N–H and O–H groups in total. The van der Waals surface area contributed by atoms with Crippen LogP contribution in [0.1, 0.15) is 57.6 Å². The van der Waals surface area contributed by atoms with E-state index in [4.69, 9.17) is 5.73 Å². The number of aryl methyl sites for hydroxylation is 1. The molecule has 1 amide bonds. The van der Waals surface area contributed by atoms with Gasteiger partial charge in [-0.25, -0.2) is 0 Å². The van der Waals surface area contributed by atoms with Gasteiger partial charge in [0, 0.05) is 17.5 Å². The van der Waals surface area contributed by atoms with Gasteiger partial charge >= 0.3 is 0 Å². The van der Waals surface area contributed by atoms with Gasteiger partial charge in [0.05, 0.1) is 5.92 Å². The first-order valence-corrected chi connectivity index (χ1v) is 8.36. The van der Waals surface area contributed by atoms with Crippen molar-refractivity contribution in [2.75, 3.05) is 6.54 Å². The van der Waals surface area contributed by atoms with Crippen LogP contribution in [0.4, 0.5) is 0 Å². The zero-order chi connectivity index (χ0) is 16.4. The lowest BCUT2D eigenvalue weighted by molar-refractivity contribution is -0.128. The highest BCUT2D eigenvalue weighted by atomic mass is 16.1. The van der Waals surface area contributed by atoms with Gasteiger partial charge in [-0.3, -0.25) is 4.79 Å². The summed E-state index contributed by atoms with van der Waals surface area (Å²) in [6, 6.07) is 8.54. The molecule has 2 atom stereocenters. The second-order valence-corrected chi connectivity index (χ2v) is 7.77. The number of carbonyl (C=O) groups excluding carboxylic acids is 1. The summed E-state index contributed by atoms with van der Waals surface area (Å²) in [5, 5.41) is 3.14. The summed E-state index contributed by atoms with van der Waals surface area (Å²) < 4.78 is 0. The average molecular weight is 302 g/mol. The Morgan fingerprint density at radius 2 is 1.95 bits per heavy atom. The second kappa shape index (κ2) is 6.41. The molecule has 0 saturated heterocycles. The smallest absolute Gasteiger partial charge is 0.224 e. The van der Waals surface area contributed by atoms with Crippen LogP contribution in [-0.2, 0) is 10.2 Å². The van der Waals surface area contributed by atoms with Crippen LogP contribution < -0.4 is 11.1 Å². The van der Waals surface area contributed by atoms with E-state index in [0.717, 1.165) is 25.7 Å². The Morgan fingerprint density at radius 1 is 1.32 bits per heavy atom. The topological polar surface area (TPSA) is 55.1 Å². The summed E-state index contributed by atoms with van der Waals surface area (Å²) in [6.45, 7) is 9.08. The quantitative estimate of drug-likeness (QED) is 0.896. The molecule has 0 aliphatic heterocycles. The lowest BCUT2D eigenvalue weighted by Crippen LogP contribution is -2.54. The number of carbonyl (C=O) groups is 1. The SMILES string of the molecule is Cc1ccc(C(C)(C)CNC(=O)C2CCCCC2(C)N)cc1. The first-order chi connectivity index (χ1) is 10.2. The van der Waals surface area contributed by atoms with Crippen molar-refractivity contribution < 1.29 is 4.79 Å². The fraction of sp³-hybridized carbons (Fsp3) is 0.632. The van der Waals surface area contributed by atoms with Crippen LogP contribution in [0.2, 0.25) is 0 Å². The minimum absolute atomic E-state index is 0.0601. The first kappa shape index (κ1) is 17.0. The minimum Gasteiger partial charge on any atom is -0.355 e. The normalized spacial score (nSPS) is 25.8. The number of hydrogen-bond donors (Lipinski definition) is 2. The standard InChI is InChI=1S/C19H30N2O/c1-14-8-10-15(11-9-14)18(2,3)13-21-17(22)16-7-5-6-12-19(16,4)20/h8-11,16H,5-7,12-13,20H2,1-4H3,(H,21,22). The third-order valence-electron chi connectivity index (χ3n) is 5.11. The van der Waals surface area contributed by atoms with Crippen molar-refractivity contribution in [3.8, 4) is 0 Å².